The molecule has 0 aromatic carbocycles. The summed E-state index contributed by atoms with van der Waals surface area (Å²) in [6, 6.07) is 0.473. The third-order valence-electron chi connectivity index (χ3n) is 3.49. The van der Waals surface area contributed by atoms with E-state index in [0.29, 0.717) is 25.0 Å². The van der Waals surface area contributed by atoms with Gasteiger partial charge in [0.1, 0.15) is 0 Å². The van der Waals surface area contributed by atoms with Crippen LogP contribution >= 0.6 is 11.8 Å². The predicted octanol–water partition coefficient (Wildman–Crippen LogP) is 1.28. The topological polar surface area (TPSA) is 61.4 Å². The lowest BCUT2D eigenvalue weighted by Crippen LogP contribution is -2.49. The second kappa shape index (κ2) is 8.58. The molecule has 0 amide bonds. The van der Waals surface area contributed by atoms with Crippen molar-refractivity contribution in [1.82, 2.24) is 14.3 Å². The molecule has 7 heteroatoms. The predicted molar refractivity (Wildman–Crippen MR) is 87.3 cm³/mol. The molecule has 0 aromatic heterocycles. The van der Waals surface area contributed by atoms with E-state index in [1.165, 1.54) is 0 Å². The summed E-state index contributed by atoms with van der Waals surface area (Å²) in [5.41, 5.74) is 0. The Labute approximate surface area is 128 Å². The van der Waals surface area contributed by atoms with E-state index in [1.807, 2.05) is 13.2 Å². The zero-order chi connectivity index (χ0) is 15.2. The number of hydrogen-bond acceptors (Lipinski definition) is 4. The Kier molecular flexibility index (Phi) is 7.82. The van der Waals surface area contributed by atoms with Gasteiger partial charge in [-0.1, -0.05) is 13.8 Å². The van der Waals surface area contributed by atoms with Crippen molar-refractivity contribution in [2.24, 2.45) is 5.92 Å². The van der Waals surface area contributed by atoms with Gasteiger partial charge in [-0.25, -0.2) is 0 Å². The summed E-state index contributed by atoms with van der Waals surface area (Å²) in [5, 5.41) is 3.43. The Bertz CT molecular complexity index is 366. The summed E-state index contributed by atoms with van der Waals surface area (Å²) in [6.07, 6.45) is 3.87. The SMILES string of the molecule is CSCC(C)NS(=O)(=O)N1CCC(CNC(C)C)CC1. The summed E-state index contributed by atoms with van der Waals surface area (Å²) in [4.78, 5) is 0. The van der Waals surface area contributed by atoms with Crippen LogP contribution in [0.2, 0.25) is 0 Å². The highest BCUT2D eigenvalue weighted by Crippen LogP contribution is 2.18. The molecular weight excluding hydrogens is 294 g/mol. The van der Waals surface area contributed by atoms with Gasteiger partial charge in [-0.15, -0.1) is 0 Å². The number of piperidine rings is 1. The van der Waals surface area contributed by atoms with Crippen LogP contribution in [0.4, 0.5) is 0 Å². The third-order valence-corrected chi connectivity index (χ3v) is 6.07. The highest BCUT2D eigenvalue weighted by Gasteiger charge is 2.28. The minimum atomic E-state index is -3.31. The molecule has 0 bridgehead atoms. The summed E-state index contributed by atoms with van der Waals surface area (Å²) >= 11 is 1.65. The fourth-order valence-electron chi connectivity index (χ4n) is 2.37. The van der Waals surface area contributed by atoms with Gasteiger partial charge in [0.05, 0.1) is 0 Å². The number of nitrogens with zero attached hydrogens (tertiary/aromatic N) is 1. The van der Waals surface area contributed by atoms with Gasteiger partial charge in [-0.2, -0.15) is 29.2 Å². The van der Waals surface area contributed by atoms with Crippen LogP contribution in [-0.2, 0) is 10.2 Å². The van der Waals surface area contributed by atoms with Crippen molar-refractivity contribution in [1.29, 1.82) is 0 Å². The van der Waals surface area contributed by atoms with E-state index in [0.717, 1.165) is 25.1 Å². The van der Waals surface area contributed by atoms with Crippen LogP contribution in [0.15, 0.2) is 0 Å². The van der Waals surface area contributed by atoms with Gasteiger partial charge in [0.2, 0.25) is 0 Å². The Morgan fingerprint density at radius 1 is 1.25 bits per heavy atom. The zero-order valence-electron chi connectivity index (χ0n) is 13.1. The van der Waals surface area contributed by atoms with Gasteiger partial charge >= 0.3 is 0 Å². The lowest BCUT2D eigenvalue weighted by atomic mass is 9.98. The summed E-state index contributed by atoms with van der Waals surface area (Å²) < 4.78 is 28.8. The quantitative estimate of drug-likeness (QED) is 0.706. The molecule has 1 fully saturated rings. The molecule has 1 heterocycles. The average Bonchev–Trinajstić information content (AvgIpc) is 2.36. The Balaban J connectivity index is 2.39. The first-order valence-electron chi connectivity index (χ1n) is 7.35. The van der Waals surface area contributed by atoms with E-state index in [-0.39, 0.29) is 6.04 Å². The molecule has 0 saturated carbocycles. The van der Waals surface area contributed by atoms with E-state index in [4.69, 9.17) is 0 Å². The minimum Gasteiger partial charge on any atom is -0.314 e. The number of rotatable bonds is 8. The maximum absolute atomic E-state index is 12.2. The van der Waals surface area contributed by atoms with Gasteiger partial charge in [0, 0.05) is 30.9 Å². The van der Waals surface area contributed by atoms with E-state index in [9.17, 15) is 8.42 Å². The van der Waals surface area contributed by atoms with Crippen molar-refractivity contribution in [3.8, 4) is 0 Å². The zero-order valence-corrected chi connectivity index (χ0v) is 14.7. The Hall–Kier alpha value is 0.180. The summed E-state index contributed by atoms with van der Waals surface area (Å²) in [6.45, 7) is 8.43. The standard InChI is InChI=1S/C13H29N3O2S2/c1-11(2)14-9-13-5-7-16(8-6-13)20(17,18)15-12(3)10-19-4/h11-15H,5-10H2,1-4H3. The molecule has 1 rings (SSSR count). The largest absolute Gasteiger partial charge is 0.314 e. The van der Waals surface area contributed by atoms with E-state index < -0.39 is 10.2 Å². The molecule has 1 aliphatic heterocycles. The first kappa shape index (κ1) is 18.2. The van der Waals surface area contributed by atoms with Crippen molar-refractivity contribution in [2.45, 2.75) is 45.7 Å². The monoisotopic (exact) mass is 323 g/mol. The van der Waals surface area contributed by atoms with Crippen LogP contribution in [0.3, 0.4) is 0 Å². The summed E-state index contributed by atoms with van der Waals surface area (Å²) in [5.74, 6) is 1.39. The molecule has 0 aromatic rings. The molecule has 5 nitrogen and oxygen atoms in total. The Morgan fingerprint density at radius 3 is 2.35 bits per heavy atom. The van der Waals surface area contributed by atoms with Gasteiger partial charge < -0.3 is 5.32 Å². The van der Waals surface area contributed by atoms with Crippen molar-refractivity contribution < 1.29 is 8.42 Å². The molecule has 0 aliphatic carbocycles. The molecular formula is C13H29N3O2S2. The second-order valence-corrected chi connectivity index (χ2v) is 8.50. The van der Waals surface area contributed by atoms with Crippen molar-refractivity contribution >= 4 is 22.0 Å². The molecule has 1 unspecified atom stereocenters. The normalized spacial score (nSPS) is 20.4. The van der Waals surface area contributed by atoms with E-state index >= 15 is 0 Å². The molecule has 1 saturated heterocycles. The number of thioether (sulfide) groups is 1. The fraction of sp³-hybridized carbons (Fsp3) is 1.00. The molecule has 0 radical (unpaired) electrons. The second-order valence-electron chi connectivity index (χ2n) is 5.88. The first-order chi connectivity index (χ1) is 9.35. The molecule has 0 spiro atoms. The van der Waals surface area contributed by atoms with Crippen LogP contribution < -0.4 is 10.0 Å². The van der Waals surface area contributed by atoms with Crippen LogP contribution in [-0.4, -0.2) is 56.4 Å². The maximum atomic E-state index is 12.2. The van der Waals surface area contributed by atoms with Crippen LogP contribution in [0, 0.1) is 5.92 Å². The van der Waals surface area contributed by atoms with Crippen molar-refractivity contribution in [3.63, 3.8) is 0 Å². The average molecular weight is 324 g/mol. The van der Waals surface area contributed by atoms with Crippen molar-refractivity contribution in [2.75, 3.05) is 31.6 Å². The maximum Gasteiger partial charge on any atom is 0.279 e. The molecule has 120 valence electrons. The highest BCUT2D eigenvalue weighted by molar-refractivity contribution is 7.98. The lowest BCUT2D eigenvalue weighted by Gasteiger charge is -2.32. The van der Waals surface area contributed by atoms with Gasteiger partial charge in [-0.3, -0.25) is 0 Å². The summed E-state index contributed by atoms with van der Waals surface area (Å²) in [7, 11) is -3.31. The van der Waals surface area contributed by atoms with Gasteiger partial charge in [0.25, 0.3) is 10.2 Å². The molecule has 2 N–H and O–H groups in total. The molecule has 1 atom stereocenters. The smallest absolute Gasteiger partial charge is 0.279 e. The molecule has 20 heavy (non-hydrogen) atoms. The van der Waals surface area contributed by atoms with E-state index in [1.54, 1.807) is 16.1 Å². The number of nitrogens with one attached hydrogen (secondary N) is 2. The van der Waals surface area contributed by atoms with Gasteiger partial charge in [-0.05, 0) is 38.5 Å². The van der Waals surface area contributed by atoms with Gasteiger partial charge in [0.15, 0.2) is 0 Å². The third kappa shape index (κ3) is 6.30. The van der Waals surface area contributed by atoms with Crippen LogP contribution in [0.5, 0.6) is 0 Å². The lowest BCUT2D eigenvalue weighted by molar-refractivity contribution is 0.261. The van der Waals surface area contributed by atoms with Crippen LogP contribution in [0.1, 0.15) is 33.6 Å². The number of hydrogen-bond donors (Lipinski definition) is 2. The minimum absolute atomic E-state index is 0.0182. The Morgan fingerprint density at radius 2 is 1.85 bits per heavy atom. The molecule has 1 aliphatic rings. The van der Waals surface area contributed by atoms with Crippen molar-refractivity contribution in [3.05, 3.63) is 0 Å². The fourth-order valence-corrected chi connectivity index (χ4v) is 4.49. The van der Waals surface area contributed by atoms with Crippen LogP contribution in [0.25, 0.3) is 0 Å². The first-order valence-corrected chi connectivity index (χ1v) is 10.2. The van der Waals surface area contributed by atoms with E-state index in [2.05, 4.69) is 23.9 Å². The highest BCUT2D eigenvalue weighted by atomic mass is 32.2.